The Morgan fingerprint density at radius 3 is 2.55 bits per heavy atom. The maximum atomic E-state index is 14.2. The Morgan fingerprint density at radius 1 is 1.06 bits per heavy atom. The van der Waals surface area contributed by atoms with Crippen LogP contribution in [0.1, 0.15) is 15.9 Å². The highest BCUT2D eigenvalue weighted by molar-refractivity contribution is 6.07. The number of aromatic amines is 1. The Hall–Kier alpha value is -4.50. The number of para-hydroxylation sites is 1. The fourth-order valence-electron chi connectivity index (χ4n) is 4.13. The molecule has 3 aromatic carbocycles. The van der Waals surface area contributed by atoms with Crippen LogP contribution in [0, 0.1) is 10.7 Å². The highest BCUT2D eigenvalue weighted by Crippen LogP contribution is 2.46. The molecule has 5 rings (SSSR count). The van der Waals surface area contributed by atoms with Crippen molar-refractivity contribution in [2.24, 2.45) is 5.18 Å². The van der Waals surface area contributed by atoms with Gasteiger partial charge in [0.25, 0.3) is 5.91 Å². The summed E-state index contributed by atoms with van der Waals surface area (Å²) in [6, 6.07) is 17.7. The van der Waals surface area contributed by atoms with Crippen molar-refractivity contribution in [3.63, 3.8) is 0 Å². The second kappa shape index (κ2) is 7.88. The molecule has 0 radical (unpaired) electrons. The molecule has 33 heavy (non-hydrogen) atoms. The summed E-state index contributed by atoms with van der Waals surface area (Å²) in [5.74, 6) is -1.29. The lowest BCUT2D eigenvalue weighted by Crippen LogP contribution is -2.18. The lowest BCUT2D eigenvalue weighted by atomic mass is 10.1. The molecule has 0 saturated heterocycles. The Morgan fingerprint density at radius 2 is 1.82 bits per heavy atom. The van der Waals surface area contributed by atoms with Crippen LogP contribution in [0.2, 0.25) is 0 Å². The van der Waals surface area contributed by atoms with E-state index >= 15 is 0 Å². The first kappa shape index (κ1) is 20.4. The van der Waals surface area contributed by atoms with Gasteiger partial charge in [0.1, 0.15) is 11.5 Å². The van der Waals surface area contributed by atoms with Gasteiger partial charge in [-0.2, -0.15) is 0 Å². The molecule has 2 aromatic heterocycles. The number of hydroxylamine groups is 1. The van der Waals surface area contributed by atoms with Crippen LogP contribution >= 0.6 is 0 Å². The Bertz CT molecular complexity index is 1540. The van der Waals surface area contributed by atoms with Crippen LogP contribution in [-0.4, -0.2) is 25.8 Å². The molecule has 0 atom stereocenters. The summed E-state index contributed by atoms with van der Waals surface area (Å²) in [6.07, 6.45) is 0. The predicted octanol–water partition coefficient (Wildman–Crippen LogP) is 5.20. The molecule has 0 spiro atoms. The van der Waals surface area contributed by atoms with Gasteiger partial charge in [-0.1, -0.05) is 30.3 Å². The van der Waals surface area contributed by atoms with Crippen molar-refractivity contribution in [1.82, 2.24) is 15.0 Å². The van der Waals surface area contributed by atoms with Crippen molar-refractivity contribution in [2.75, 3.05) is 0 Å². The van der Waals surface area contributed by atoms with Crippen LogP contribution in [0.25, 0.3) is 33.1 Å². The number of carbonyl (C=O) groups is 1. The van der Waals surface area contributed by atoms with E-state index < -0.39 is 11.7 Å². The zero-order chi connectivity index (χ0) is 23.1. The van der Waals surface area contributed by atoms with Gasteiger partial charge in [0.2, 0.25) is 5.88 Å². The van der Waals surface area contributed by atoms with Gasteiger partial charge in [0, 0.05) is 21.9 Å². The summed E-state index contributed by atoms with van der Waals surface area (Å²) in [5, 5.41) is 24.2. The number of nitroso groups, excluding NO2 is 1. The average Bonchev–Trinajstić information content (AvgIpc) is 3.33. The van der Waals surface area contributed by atoms with Gasteiger partial charge in [-0.15, -0.1) is 4.91 Å². The fraction of sp³-hybridized carbons (Fsp3) is 0.0417. The summed E-state index contributed by atoms with van der Waals surface area (Å²) in [5.41, 5.74) is 4.50. The third kappa shape index (κ3) is 3.31. The van der Waals surface area contributed by atoms with Gasteiger partial charge in [-0.05, 0) is 47.1 Å². The number of halogens is 1. The topological polar surface area (TPSA) is 120 Å². The lowest BCUT2D eigenvalue weighted by molar-refractivity contribution is 0.0706. The molecule has 0 saturated carbocycles. The molecular formula is C24H17FN4O4. The van der Waals surface area contributed by atoms with Gasteiger partial charge < -0.3 is 14.7 Å². The van der Waals surface area contributed by atoms with Crippen LogP contribution < -0.4 is 5.48 Å². The largest absolute Gasteiger partial charge is 0.494 e. The molecule has 0 unspecified atom stereocenters. The van der Waals surface area contributed by atoms with Gasteiger partial charge in [-0.3, -0.25) is 10.0 Å². The monoisotopic (exact) mass is 444 g/mol. The Kier molecular flexibility index (Phi) is 4.87. The van der Waals surface area contributed by atoms with Gasteiger partial charge in [0.15, 0.2) is 0 Å². The minimum Gasteiger partial charge on any atom is -0.494 e. The third-order valence-electron chi connectivity index (χ3n) is 5.68. The zero-order valence-corrected chi connectivity index (χ0v) is 17.0. The normalized spacial score (nSPS) is 11.2. The van der Waals surface area contributed by atoms with Crippen molar-refractivity contribution >= 4 is 33.4 Å². The van der Waals surface area contributed by atoms with E-state index in [0.29, 0.717) is 27.5 Å². The van der Waals surface area contributed by atoms with E-state index in [1.54, 1.807) is 52.5 Å². The van der Waals surface area contributed by atoms with Crippen LogP contribution in [0.5, 0.6) is 5.88 Å². The van der Waals surface area contributed by atoms with E-state index in [-0.39, 0.29) is 29.2 Å². The fourth-order valence-corrected chi connectivity index (χ4v) is 4.13. The number of fused-ring (bicyclic) bond motifs is 2. The first-order chi connectivity index (χ1) is 16.0. The van der Waals surface area contributed by atoms with Crippen molar-refractivity contribution in [1.29, 1.82) is 0 Å². The number of H-pyrrole nitrogens is 1. The van der Waals surface area contributed by atoms with Gasteiger partial charge in [-0.25, -0.2) is 9.87 Å². The van der Waals surface area contributed by atoms with Crippen LogP contribution in [0.4, 0.5) is 10.1 Å². The molecular weight excluding hydrogens is 427 g/mol. The van der Waals surface area contributed by atoms with Gasteiger partial charge >= 0.3 is 0 Å². The maximum Gasteiger partial charge on any atom is 0.274 e. The van der Waals surface area contributed by atoms with Gasteiger partial charge in [0.05, 0.1) is 23.3 Å². The number of hydrogen-bond acceptors (Lipinski definition) is 5. The molecule has 9 heteroatoms. The number of nitrogens with zero attached hydrogens (tertiary/aromatic N) is 2. The summed E-state index contributed by atoms with van der Waals surface area (Å²) >= 11 is 0. The molecule has 164 valence electrons. The number of aromatic hydroxyl groups is 1. The predicted molar refractivity (Wildman–Crippen MR) is 121 cm³/mol. The SMILES string of the molecule is O=Nc1c(-c2c(O)n(Cc3ccc(C(=O)NO)cc3)c3ccc(F)cc23)[nH]c2ccccc12. The van der Waals surface area contributed by atoms with Crippen molar-refractivity contribution in [2.45, 2.75) is 6.54 Å². The Labute approximate surface area is 185 Å². The number of amides is 1. The first-order valence-electron chi connectivity index (χ1n) is 10.0. The van der Waals surface area contributed by atoms with Crippen molar-refractivity contribution < 1.29 is 19.5 Å². The molecule has 8 nitrogen and oxygen atoms in total. The second-order valence-electron chi connectivity index (χ2n) is 7.57. The highest BCUT2D eigenvalue weighted by atomic mass is 19.1. The number of carbonyl (C=O) groups excluding carboxylic acids is 1. The summed E-state index contributed by atoms with van der Waals surface area (Å²) < 4.78 is 15.8. The first-order valence-corrected chi connectivity index (χ1v) is 10.0. The summed E-state index contributed by atoms with van der Waals surface area (Å²) in [4.78, 5) is 26.4. The average molecular weight is 444 g/mol. The molecule has 0 bridgehead atoms. The maximum absolute atomic E-state index is 14.2. The Balaban J connectivity index is 1.69. The summed E-state index contributed by atoms with van der Waals surface area (Å²) in [6.45, 7) is 0.207. The minimum atomic E-state index is -0.638. The second-order valence-corrected chi connectivity index (χ2v) is 7.57. The number of rotatable bonds is 5. The molecule has 5 aromatic rings. The minimum absolute atomic E-state index is 0.128. The summed E-state index contributed by atoms with van der Waals surface area (Å²) in [7, 11) is 0. The zero-order valence-electron chi connectivity index (χ0n) is 17.0. The molecule has 0 fully saturated rings. The van der Waals surface area contributed by atoms with Crippen molar-refractivity contribution in [3.05, 3.63) is 88.6 Å². The molecule has 0 aliphatic rings. The smallest absolute Gasteiger partial charge is 0.274 e. The number of aromatic nitrogens is 2. The van der Waals surface area contributed by atoms with E-state index in [4.69, 9.17) is 5.21 Å². The van der Waals surface area contributed by atoms with Crippen LogP contribution in [-0.2, 0) is 6.54 Å². The third-order valence-corrected chi connectivity index (χ3v) is 5.68. The lowest BCUT2D eigenvalue weighted by Gasteiger charge is -2.08. The van der Waals surface area contributed by atoms with E-state index in [2.05, 4.69) is 10.2 Å². The molecule has 1 amide bonds. The molecule has 0 aliphatic heterocycles. The highest BCUT2D eigenvalue weighted by Gasteiger charge is 2.24. The van der Waals surface area contributed by atoms with E-state index in [1.807, 2.05) is 0 Å². The number of nitrogens with one attached hydrogen (secondary N) is 2. The number of hydrogen-bond donors (Lipinski definition) is 4. The quantitative estimate of drug-likeness (QED) is 0.169. The van der Waals surface area contributed by atoms with Crippen LogP contribution in [0.3, 0.4) is 0 Å². The van der Waals surface area contributed by atoms with E-state index in [0.717, 1.165) is 5.56 Å². The van der Waals surface area contributed by atoms with Crippen LogP contribution in [0.15, 0.2) is 71.9 Å². The number of benzene rings is 3. The standard InChI is InChI=1S/C24H17FN4O4/c25-15-9-10-19-17(11-15)20(22-21(27-32)16-3-1-2-4-18(16)26-22)24(31)29(19)12-13-5-7-14(8-6-13)23(30)28-33/h1-11,26,31,33H,12H2,(H,28,30). The molecule has 4 N–H and O–H groups in total. The molecule has 0 aliphatic carbocycles. The van der Waals surface area contributed by atoms with E-state index in [1.165, 1.54) is 24.3 Å². The van der Waals surface area contributed by atoms with E-state index in [9.17, 15) is 19.2 Å². The molecule has 2 heterocycles. The van der Waals surface area contributed by atoms with Crippen molar-refractivity contribution in [3.8, 4) is 17.1 Å².